The number of nitrogens with zero attached hydrogens (tertiary/aromatic N) is 2. The van der Waals surface area contributed by atoms with Gasteiger partial charge in [-0.25, -0.2) is 0 Å². The van der Waals surface area contributed by atoms with Gasteiger partial charge in [-0.15, -0.1) is 11.7 Å². The fraction of sp³-hybridized carbons (Fsp3) is 0.400. The Kier molecular flexibility index (Phi) is 3.43. The van der Waals surface area contributed by atoms with Crippen LogP contribution < -0.4 is 5.32 Å². The fourth-order valence-electron chi connectivity index (χ4n) is 1.10. The Bertz CT molecular complexity index is 283. The second kappa shape index (κ2) is 4.60. The Morgan fingerprint density at radius 1 is 1.69 bits per heavy atom. The molecule has 0 amide bonds. The van der Waals surface area contributed by atoms with E-state index in [-0.39, 0.29) is 0 Å². The van der Waals surface area contributed by atoms with Gasteiger partial charge in [0.1, 0.15) is 5.82 Å². The number of rotatable bonds is 4. The summed E-state index contributed by atoms with van der Waals surface area (Å²) in [6, 6.07) is 2.33. The lowest BCUT2D eigenvalue weighted by Crippen LogP contribution is -2.15. The summed E-state index contributed by atoms with van der Waals surface area (Å²) in [4.78, 5) is 0. The van der Waals surface area contributed by atoms with E-state index in [0.29, 0.717) is 6.04 Å². The largest absolute Gasteiger partial charge is 0.366 e. The molecule has 0 aliphatic heterocycles. The minimum absolute atomic E-state index is 0.355. The summed E-state index contributed by atoms with van der Waals surface area (Å²) in [6.07, 6.45) is 4.56. The van der Waals surface area contributed by atoms with E-state index in [4.69, 9.17) is 0 Å². The molecule has 1 aromatic rings. The third-order valence-electron chi connectivity index (χ3n) is 1.71. The summed E-state index contributed by atoms with van der Waals surface area (Å²) in [5, 5.41) is 11.1. The van der Waals surface area contributed by atoms with Crippen molar-refractivity contribution in [3.05, 3.63) is 30.5 Å². The first-order valence-electron chi connectivity index (χ1n) is 4.39. The maximum absolute atomic E-state index is 3.97. The molecule has 3 heteroatoms. The lowest BCUT2D eigenvalue weighted by molar-refractivity contribution is 0.799. The molecule has 1 N–H and O–H groups in total. The number of aryl methyl sites for hydroxylation is 1. The van der Waals surface area contributed by atoms with E-state index >= 15 is 0 Å². The summed E-state index contributed by atoms with van der Waals surface area (Å²) in [6.45, 7) is 7.77. The minimum atomic E-state index is 0.355. The third kappa shape index (κ3) is 3.23. The number of anilines is 1. The molecule has 0 spiro atoms. The molecule has 0 saturated heterocycles. The monoisotopic (exact) mass is 177 g/mol. The Balaban J connectivity index is 2.58. The fourth-order valence-corrected chi connectivity index (χ4v) is 1.10. The van der Waals surface area contributed by atoms with Crippen molar-refractivity contribution in [2.75, 3.05) is 5.32 Å². The molecule has 0 aliphatic rings. The van der Waals surface area contributed by atoms with Crippen LogP contribution in [0.2, 0.25) is 0 Å². The van der Waals surface area contributed by atoms with Gasteiger partial charge in [0.05, 0.1) is 6.20 Å². The van der Waals surface area contributed by atoms with Gasteiger partial charge in [-0.3, -0.25) is 0 Å². The van der Waals surface area contributed by atoms with Crippen LogP contribution in [0.1, 0.15) is 18.9 Å². The van der Waals surface area contributed by atoms with Gasteiger partial charge < -0.3 is 5.32 Å². The van der Waals surface area contributed by atoms with Crippen molar-refractivity contribution in [1.29, 1.82) is 0 Å². The first-order valence-corrected chi connectivity index (χ1v) is 4.39. The molecule has 1 rings (SSSR count). The van der Waals surface area contributed by atoms with Crippen molar-refractivity contribution in [1.82, 2.24) is 10.2 Å². The smallest absolute Gasteiger partial charge is 0.149 e. The molecule has 0 aromatic carbocycles. The van der Waals surface area contributed by atoms with E-state index in [1.807, 2.05) is 19.1 Å². The highest BCUT2D eigenvalue weighted by atomic mass is 15.2. The van der Waals surface area contributed by atoms with E-state index < -0.39 is 0 Å². The molecule has 1 atom stereocenters. The molecule has 13 heavy (non-hydrogen) atoms. The second-order valence-electron chi connectivity index (χ2n) is 3.19. The van der Waals surface area contributed by atoms with Gasteiger partial charge in [0.2, 0.25) is 0 Å². The maximum atomic E-state index is 3.97. The number of hydrogen-bond donors (Lipinski definition) is 1. The molecule has 3 nitrogen and oxygen atoms in total. The average Bonchev–Trinajstić information content (AvgIpc) is 2.04. The predicted octanol–water partition coefficient (Wildman–Crippen LogP) is 2.16. The standard InChI is InChI=1S/C10H15N3/c1-4-5-9(3)12-10-6-8(2)7-11-13-10/h4,6-7,9H,1,5H2,2-3H3,(H,12,13). The maximum Gasteiger partial charge on any atom is 0.149 e. The zero-order valence-electron chi connectivity index (χ0n) is 8.12. The number of hydrogen-bond acceptors (Lipinski definition) is 3. The molecular weight excluding hydrogens is 162 g/mol. The van der Waals surface area contributed by atoms with Crippen LogP contribution >= 0.6 is 0 Å². The van der Waals surface area contributed by atoms with Gasteiger partial charge in [-0.2, -0.15) is 5.10 Å². The predicted molar refractivity (Wildman–Crippen MR) is 54.7 cm³/mol. The molecule has 0 saturated carbocycles. The van der Waals surface area contributed by atoms with Gasteiger partial charge in [0, 0.05) is 6.04 Å². The summed E-state index contributed by atoms with van der Waals surface area (Å²) in [5.74, 6) is 0.828. The zero-order valence-corrected chi connectivity index (χ0v) is 8.12. The Morgan fingerprint density at radius 2 is 2.46 bits per heavy atom. The molecule has 0 radical (unpaired) electrons. The van der Waals surface area contributed by atoms with Crippen molar-refractivity contribution in [3.63, 3.8) is 0 Å². The summed E-state index contributed by atoms with van der Waals surface area (Å²) < 4.78 is 0. The van der Waals surface area contributed by atoms with Crippen molar-refractivity contribution < 1.29 is 0 Å². The van der Waals surface area contributed by atoms with Crippen LogP contribution in [0.4, 0.5) is 5.82 Å². The minimum Gasteiger partial charge on any atom is -0.366 e. The summed E-state index contributed by atoms with van der Waals surface area (Å²) in [5.41, 5.74) is 1.11. The summed E-state index contributed by atoms with van der Waals surface area (Å²) >= 11 is 0. The SMILES string of the molecule is C=CCC(C)Nc1cc(C)cnn1. The van der Waals surface area contributed by atoms with Crippen LogP contribution in [0.15, 0.2) is 24.9 Å². The van der Waals surface area contributed by atoms with Crippen LogP contribution in [-0.4, -0.2) is 16.2 Å². The zero-order chi connectivity index (χ0) is 9.68. The number of nitrogens with one attached hydrogen (secondary N) is 1. The lowest BCUT2D eigenvalue weighted by Gasteiger charge is -2.11. The highest BCUT2D eigenvalue weighted by Gasteiger charge is 2.00. The van der Waals surface area contributed by atoms with Crippen molar-refractivity contribution in [3.8, 4) is 0 Å². The number of aromatic nitrogens is 2. The third-order valence-corrected chi connectivity index (χ3v) is 1.71. The topological polar surface area (TPSA) is 37.8 Å². The van der Waals surface area contributed by atoms with Gasteiger partial charge in [-0.05, 0) is 31.9 Å². The van der Waals surface area contributed by atoms with E-state index in [1.54, 1.807) is 6.20 Å². The van der Waals surface area contributed by atoms with Crippen LogP contribution in [0, 0.1) is 6.92 Å². The second-order valence-corrected chi connectivity index (χ2v) is 3.19. The molecule has 1 unspecified atom stereocenters. The lowest BCUT2D eigenvalue weighted by atomic mass is 10.2. The van der Waals surface area contributed by atoms with E-state index in [1.165, 1.54) is 0 Å². The molecule has 0 fully saturated rings. The molecular formula is C10H15N3. The molecule has 70 valence electrons. The highest BCUT2D eigenvalue weighted by Crippen LogP contribution is 2.06. The van der Waals surface area contributed by atoms with Crippen LogP contribution in [0.5, 0.6) is 0 Å². The molecule has 0 bridgehead atoms. The average molecular weight is 177 g/mol. The van der Waals surface area contributed by atoms with Gasteiger partial charge >= 0.3 is 0 Å². The van der Waals surface area contributed by atoms with Crippen LogP contribution in [-0.2, 0) is 0 Å². The Morgan fingerprint density at radius 3 is 3.08 bits per heavy atom. The van der Waals surface area contributed by atoms with Crippen molar-refractivity contribution in [2.24, 2.45) is 0 Å². The molecule has 1 heterocycles. The quantitative estimate of drug-likeness (QED) is 0.716. The first-order chi connectivity index (χ1) is 6.22. The first kappa shape index (κ1) is 9.71. The van der Waals surface area contributed by atoms with Crippen LogP contribution in [0.3, 0.4) is 0 Å². The van der Waals surface area contributed by atoms with E-state index in [9.17, 15) is 0 Å². The van der Waals surface area contributed by atoms with Gasteiger partial charge in [0.15, 0.2) is 0 Å². The molecule has 1 aromatic heterocycles. The van der Waals surface area contributed by atoms with Gasteiger partial charge in [0.25, 0.3) is 0 Å². The van der Waals surface area contributed by atoms with E-state index in [0.717, 1.165) is 17.8 Å². The van der Waals surface area contributed by atoms with Crippen molar-refractivity contribution in [2.45, 2.75) is 26.3 Å². The summed E-state index contributed by atoms with van der Waals surface area (Å²) in [7, 11) is 0. The van der Waals surface area contributed by atoms with Crippen LogP contribution in [0.25, 0.3) is 0 Å². The van der Waals surface area contributed by atoms with Crippen molar-refractivity contribution >= 4 is 5.82 Å². The Hall–Kier alpha value is -1.38. The normalized spacial score (nSPS) is 12.2. The van der Waals surface area contributed by atoms with E-state index in [2.05, 4.69) is 29.0 Å². The molecule has 0 aliphatic carbocycles. The van der Waals surface area contributed by atoms with Gasteiger partial charge in [-0.1, -0.05) is 6.08 Å². The Labute approximate surface area is 78.9 Å². The highest BCUT2D eigenvalue weighted by molar-refractivity contribution is 5.36.